The molecule has 0 radical (unpaired) electrons. The standard InChI is InChI=1S/C17H26N2O3/c1-11-8-18(9-11)17(22)14-5-3-13(4-6-14)10-19-15(20)7-12(2)16(19)21/h11-14H,3-10H2,1-2H3/t12-,13?,14?/m1/s1. The van der Waals surface area contributed by atoms with Crippen LogP contribution in [0.15, 0.2) is 0 Å². The molecule has 3 rings (SSSR count). The first-order chi connectivity index (χ1) is 10.5. The smallest absolute Gasteiger partial charge is 0.232 e. The van der Waals surface area contributed by atoms with Crippen LogP contribution in [0.3, 0.4) is 0 Å². The Morgan fingerprint density at radius 1 is 1.09 bits per heavy atom. The minimum Gasteiger partial charge on any atom is -0.342 e. The van der Waals surface area contributed by atoms with E-state index in [2.05, 4.69) is 6.92 Å². The molecule has 2 heterocycles. The highest BCUT2D eigenvalue weighted by Crippen LogP contribution is 2.33. The van der Waals surface area contributed by atoms with E-state index in [1.807, 2.05) is 11.8 Å². The van der Waals surface area contributed by atoms with Crippen LogP contribution in [0.4, 0.5) is 0 Å². The van der Waals surface area contributed by atoms with E-state index < -0.39 is 0 Å². The normalized spacial score (nSPS) is 33.3. The van der Waals surface area contributed by atoms with Crippen LogP contribution >= 0.6 is 0 Å². The number of likely N-dealkylation sites (tertiary alicyclic amines) is 2. The highest BCUT2D eigenvalue weighted by atomic mass is 16.2. The summed E-state index contributed by atoms with van der Waals surface area (Å²) in [6.45, 7) is 6.38. The molecule has 1 atom stereocenters. The molecule has 5 nitrogen and oxygen atoms in total. The zero-order valence-electron chi connectivity index (χ0n) is 13.6. The molecule has 3 fully saturated rings. The third-order valence-electron chi connectivity index (χ3n) is 5.48. The molecule has 3 amide bonds. The lowest BCUT2D eigenvalue weighted by atomic mass is 9.80. The maximum absolute atomic E-state index is 12.3. The molecule has 5 heteroatoms. The Kier molecular flexibility index (Phi) is 4.24. The first-order valence-corrected chi connectivity index (χ1v) is 8.58. The zero-order chi connectivity index (χ0) is 15.9. The summed E-state index contributed by atoms with van der Waals surface area (Å²) in [7, 11) is 0. The van der Waals surface area contributed by atoms with Gasteiger partial charge in [-0.3, -0.25) is 19.3 Å². The van der Waals surface area contributed by atoms with E-state index >= 15 is 0 Å². The lowest BCUT2D eigenvalue weighted by Gasteiger charge is -2.41. The Morgan fingerprint density at radius 3 is 2.23 bits per heavy atom. The first kappa shape index (κ1) is 15.5. The fourth-order valence-electron chi connectivity index (χ4n) is 4.03. The lowest BCUT2D eigenvalue weighted by Crippen LogP contribution is -2.51. The number of carbonyl (C=O) groups excluding carboxylic acids is 3. The maximum Gasteiger partial charge on any atom is 0.232 e. The predicted octanol–water partition coefficient (Wildman–Crippen LogP) is 1.67. The summed E-state index contributed by atoms with van der Waals surface area (Å²) >= 11 is 0. The van der Waals surface area contributed by atoms with Crippen molar-refractivity contribution < 1.29 is 14.4 Å². The minimum atomic E-state index is -0.154. The Bertz CT molecular complexity index is 476. The largest absolute Gasteiger partial charge is 0.342 e. The van der Waals surface area contributed by atoms with Crippen molar-refractivity contribution >= 4 is 17.7 Å². The van der Waals surface area contributed by atoms with Crippen molar-refractivity contribution in [2.24, 2.45) is 23.7 Å². The van der Waals surface area contributed by atoms with E-state index in [1.54, 1.807) is 0 Å². The number of hydrogen-bond donors (Lipinski definition) is 0. The van der Waals surface area contributed by atoms with E-state index in [4.69, 9.17) is 0 Å². The van der Waals surface area contributed by atoms with Crippen molar-refractivity contribution in [3.05, 3.63) is 0 Å². The van der Waals surface area contributed by atoms with Gasteiger partial charge in [0, 0.05) is 37.9 Å². The van der Waals surface area contributed by atoms with Gasteiger partial charge in [-0.2, -0.15) is 0 Å². The van der Waals surface area contributed by atoms with Gasteiger partial charge in [-0.25, -0.2) is 0 Å². The maximum atomic E-state index is 12.3. The Hall–Kier alpha value is -1.39. The van der Waals surface area contributed by atoms with Crippen LogP contribution in [0.25, 0.3) is 0 Å². The molecule has 122 valence electrons. The Morgan fingerprint density at radius 2 is 1.73 bits per heavy atom. The van der Waals surface area contributed by atoms with Crippen LogP contribution in [0.2, 0.25) is 0 Å². The van der Waals surface area contributed by atoms with Gasteiger partial charge in [-0.15, -0.1) is 0 Å². The second kappa shape index (κ2) is 6.01. The Balaban J connectivity index is 1.47. The monoisotopic (exact) mass is 306 g/mol. The van der Waals surface area contributed by atoms with Crippen LogP contribution in [-0.2, 0) is 14.4 Å². The summed E-state index contributed by atoms with van der Waals surface area (Å²) in [5.41, 5.74) is 0. The molecule has 22 heavy (non-hydrogen) atoms. The summed E-state index contributed by atoms with van der Waals surface area (Å²) in [4.78, 5) is 39.6. The Labute approximate surface area is 132 Å². The van der Waals surface area contributed by atoms with Crippen molar-refractivity contribution in [2.45, 2.75) is 46.0 Å². The molecule has 0 aromatic heterocycles. The summed E-state index contributed by atoms with van der Waals surface area (Å²) in [5.74, 6) is 1.31. The van der Waals surface area contributed by atoms with Crippen LogP contribution in [0.1, 0.15) is 46.0 Å². The molecule has 1 saturated carbocycles. The number of rotatable bonds is 3. The molecule has 0 unspecified atom stereocenters. The number of hydrogen-bond acceptors (Lipinski definition) is 3. The van der Waals surface area contributed by atoms with Crippen molar-refractivity contribution in [3.8, 4) is 0 Å². The molecular formula is C17H26N2O3. The minimum absolute atomic E-state index is 0.0160. The highest BCUT2D eigenvalue weighted by molar-refractivity contribution is 6.03. The van der Waals surface area contributed by atoms with Crippen molar-refractivity contribution in [1.82, 2.24) is 9.80 Å². The molecule has 1 aliphatic carbocycles. The summed E-state index contributed by atoms with van der Waals surface area (Å²) in [5, 5.41) is 0. The van der Waals surface area contributed by atoms with Gasteiger partial charge in [0.2, 0.25) is 17.7 Å². The summed E-state index contributed by atoms with van der Waals surface area (Å²) in [6.07, 6.45) is 4.07. The molecule has 2 aliphatic heterocycles. The van der Waals surface area contributed by atoms with Crippen LogP contribution in [-0.4, -0.2) is 47.2 Å². The molecule has 3 aliphatic rings. The lowest BCUT2D eigenvalue weighted by molar-refractivity contribution is -0.144. The van der Waals surface area contributed by atoms with Gasteiger partial charge in [0.05, 0.1) is 0 Å². The van der Waals surface area contributed by atoms with Crippen LogP contribution in [0, 0.1) is 23.7 Å². The van der Waals surface area contributed by atoms with E-state index in [0.29, 0.717) is 30.7 Å². The van der Waals surface area contributed by atoms with Gasteiger partial charge in [0.25, 0.3) is 0 Å². The fraction of sp³-hybridized carbons (Fsp3) is 0.824. The number of carbonyl (C=O) groups is 3. The molecule has 0 spiro atoms. The van der Waals surface area contributed by atoms with E-state index in [0.717, 1.165) is 38.8 Å². The highest BCUT2D eigenvalue weighted by Gasteiger charge is 2.39. The summed E-state index contributed by atoms with van der Waals surface area (Å²) in [6, 6.07) is 0. The molecular weight excluding hydrogens is 280 g/mol. The molecule has 0 N–H and O–H groups in total. The number of amides is 3. The van der Waals surface area contributed by atoms with Gasteiger partial charge < -0.3 is 4.90 Å². The molecule has 0 bridgehead atoms. The van der Waals surface area contributed by atoms with Gasteiger partial charge in [0.1, 0.15) is 0 Å². The topological polar surface area (TPSA) is 57.7 Å². The van der Waals surface area contributed by atoms with Crippen molar-refractivity contribution in [2.75, 3.05) is 19.6 Å². The molecule has 0 aromatic carbocycles. The quantitative estimate of drug-likeness (QED) is 0.745. The predicted molar refractivity (Wildman–Crippen MR) is 81.7 cm³/mol. The number of imide groups is 1. The zero-order valence-corrected chi connectivity index (χ0v) is 13.6. The van der Waals surface area contributed by atoms with Crippen molar-refractivity contribution in [3.63, 3.8) is 0 Å². The average molecular weight is 306 g/mol. The molecule has 2 saturated heterocycles. The third kappa shape index (κ3) is 2.90. The SMILES string of the molecule is CC1CN(C(=O)C2CCC(CN3C(=O)C[C@@H](C)C3=O)CC2)C1. The second-order valence-corrected chi connectivity index (χ2v) is 7.51. The fourth-order valence-corrected chi connectivity index (χ4v) is 4.03. The van der Waals surface area contributed by atoms with Crippen LogP contribution < -0.4 is 0 Å². The molecule has 0 aromatic rings. The van der Waals surface area contributed by atoms with Gasteiger partial charge in [-0.05, 0) is 37.5 Å². The second-order valence-electron chi connectivity index (χ2n) is 7.51. The van der Waals surface area contributed by atoms with Gasteiger partial charge >= 0.3 is 0 Å². The van der Waals surface area contributed by atoms with E-state index in [9.17, 15) is 14.4 Å². The number of nitrogens with zero attached hydrogens (tertiary/aromatic N) is 2. The average Bonchev–Trinajstić information content (AvgIpc) is 2.70. The first-order valence-electron chi connectivity index (χ1n) is 8.58. The van der Waals surface area contributed by atoms with Crippen LogP contribution in [0.5, 0.6) is 0 Å². The van der Waals surface area contributed by atoms with E-state index in [1.165, 1.54) is 4.90 Å². The van der Waals surface area contributed by atoms with Gasteiger partial charge in [-0.1, -0.05) is 13.8 Å². The van der Waals surface area contributed by atoms with Crippen molar-refractivity contribution in [1.29, 1.82) is 0 Å². The van der Waals surface area contributed by atoms with E-state index in [-0.39, 0.29) is 23.7 Å². The van der Waals surface area contributed by atoms with Gasteiger partial charge in [0.15, 0.2) is 0 Å². The third-order valence-corrected chi connectivity index (χ3v) is 5.48. The summed E-state index contributed by atoms with van der Waals surface area (Å²) < 4.78 is 0.